The molecule has 10 nitrogen and oxygen atoms in total. The number of para-hydroxylation sites is 1. The minimum Gasteiger partial charge on any atom is -0.478 e. The third kappa shape index (κ3) is 6.38. The van der Waals surface area contributed by atoms with Crippen molar-refractivity contribution in [1.82, 2.24) is 20.4 Å². The molecule has 0 aliphatic rings. The number of nitrogens with zero attached hydrogens (tertiary/aromatic N) is 3. The van der Waals surface area contributed by atoms with E-state index < -0.39 is 11.5 Å². The summed E-state index contributed by atoms with van der Waals surface area (Å²) in [5.41, 5.74) is 6.18. The van der Waals surface area contributed by atoms with Crippen molar-refractivity contribution >= 4 is 28.8 Å². The molecule has 0 fully saturated rings. The second kappa shape index (κ2) is 11.3. The molecule has 2 aromatic heterocycles. The number of allylic oxidation sites excluding steroid dienone is 1. The molecule has 4 aromatic rings. The van der Waals surface area contributed by atoms with Crippen LogP contribution in [0.25, 0.3) is 5.70 Å². The number of aromatic nitrogens is 3. The van der Waals surface area contributed by atoms with Gasteiger partial charge < -0.3 is 25.6 Å². The van der Waals surface area contributed by atoms with E-state index in [0.29, 0.717) is 22.7 Å². The second-order valence-electron chi connectivity index (χ2n) is 8.67. The van der Waals surface area contributed by atoms with E-state index in [1.807, 2.05) is 6.07 Å². The number of amides is 1. The van der Waals surface area contributed by atoms with Crippen molar-refractivity contribution in [1.29, 1.82) is 5.41 Å². The Labute approximate surface area is 218 Å². The highest BCUT2D eigenvalue weighted by atomic mass is 19.1. The number of carbonyl (C=O) groups is 1. The standard InChI is InChI=1S/C27H26FN7O3/c1-27(2,38-18-9-4-3-5-10-18)26(36)33-23-16-32-25(34-24(23)30)20(29)14-22(21-12-13-37-35-21)31-15-17-8-6-7-11-19(17)28/h3-14,16,29,31H,15H2,1-2H3,(H,33,36)(H2,30,32,34)/b22-14-,29-20?. The fourth-order valence-electron chi connectivity index (χ4n) is 3.33. The lowest BCUT2D eigenvalue weighted by Gasteiger charge is -2.25. The lowest BCUT2D eigenvalue weighted by molar-refractivity contribution is -0.128. The molecule has 11 heteroatoms. The molecule has 194 valence electrons. The molecule has 0 radical (unpaired) electrons. The van der Waals surface area contributed by atoms with Crippen molar-refractivity contribution in [2.75, 3.05) is 11.1 Å². The van der Waals surface area contributed by atoms with Crippen LogP contribution in [0.5, 0.6) is 5.75 Å². The number of hydrogen-bond acceptors (Lipinski definition) is 9. The molecule has 0 saturated carbocycles. The minimum atomic E-state index is -1.21. The van der Waals surface area contributed by atoms with Gasteiger partial charge in [-0.1, -0.05) is 41.6 Å². The Morgan fingerprint density at radius 1 is 1.16 bits per heavy atom. The van der Waals surface area contributed by atoms with Gasteiger partial charge in [-0.2, -0.15) is 0 Å². The van der Waals surface area contributed by atoms with Crippen LogP contribution in [0.15, 0.2) is 83.7 Å². The molecule has 5 N–H and O–H groups in total. The Morgan fingerprint density at radius 3 is 2.58 bits per heavy atom. The zero-order chi connectivity index (χ0) is 27.1. The highest BCUT2D eigenvalue weighted by molar-refractivity contribution is 6.08. The Morgan fingerprint density at radius 2 is 1.89 bits per heavy atom. The number of rotatable bonds is 10. The van der Waals surface area contributed by atoms with Crippen molar-refractivity contribution < 1.29 is 18.4 Å². The molecule has 0 spiro atoms. The van der Waals surface area contributed by atoms with Crippen LogP contribution in [0.3, 0.4) is 0 Å². The maximum Gasteiger partial charge on any atom is 0.268 e. The first-order chi connectivity index (χ1) is 18.2. The van der Waals surface area contributed by atoms with Crippen LogP contribution in [0, 0.1) is 11.2 Å². The summed E-state index contributed by atoms with van der Waals surface area (Å²) in [5, 5.41) is 18.1. The van der Waals surface area contributed by atoms with E-state index in [9.17, 15) is 9.18 Å². The lowest BCUT2D eigenvalue weighted by Crippen LogP contribution is -2.42. The van der Waals surface area contributed by atoms with E-state index in [2.05, 4.69) is 25.8 Å². The number of benzene rings is 2. The maximum absolute atomic E-state index is 14.1. The Kier molecular flexibility index (Phi) is 7.76. The number of nitrogen functional groups attached to an aromatic ring is 1. The molecule has 0 aliphatic heterocycles. The third-order valence-electron chi connectivity index (χ3n) is 5.40. The molecule has 0 aliphatic carbocycles. The predicted molar refractivity (Wildman–Crippen MR) is 141 cm³/mol. The summed E-state index contributed by atoms with van der Waals surface area (Å²) in [6.07, 6.45) is 4.13. The van der Waals surface area contributed by atoms with Crippen LogP contribution in [-0.4, -0.2) is 32.3 Å². The fourth-order valence-corrected chi connectivity index (χ4v) is 3.33. The summed E-state index contributed by atoms with van der Waals surface area (Å²) in [5.74, 6) is -0.294. The highest BCUT2D eigenvalue weighted by Gasteiger charge is 2.30. The molecular formula is C27H26FN7O3. The highest BCUT2D eigenvalue weighted by Crippen LogP contribution is 2.22. The number of nitrogens with two attached hydrogens (primary N) is 1. The van der Waals surface area contributed by atoms with E-state index in [1.165, 1.54) is 24.6 Å². The van der Waals surface area contributed by atoms with E-state index in [1.54, 1.807) is 62.4 Å². The Balaban J connectivity index is 1.48. The van der Waals surface area contributed by atoms with Gasteiger partial charge >= 0.3 is 0 Å². The van der Waals surface area contributed by atoms with Gasteiger partial charge in [-0.05, 0) is 38.1 Å². The van der Waals surface area contributed by atoms with Gasteiger partial charge in [0, 0.05) is 18.2 Å². The normalized spacial score (nSPS) is 11.6. The molecule has 4 rings (SSSR count). The summed E-state index contributed by atoms with van der Waals surface area (Å²) in [7, 11) is 0. The average Bonchev–Trinajstić information content (AvgIpc) is 3.43. The van der Waals surface area contributed by atoms with E-state index in [0.717, 1.165) is 0 Å². The molecule has 2 heterocycles. The van der Waals surface area contributed by atoms with Crippen LogP contribution < -0.4 is 21.1 Å². The zero-order valence-electron chi connectivity index (χ0n) is 20.7. The van der Waals surface area contributed by atoms with Gasteiger partial charge in [-0.3, -0.25) is 10.2 Å². The number of halogens is 1. The minimum absolute atomic E-state index is 0.00832. The van der Waals surface area contributed by atoms with E-state index >= 15 is 0 Å². The SMILES string of the molecule is CC(C)(Oc1ccccc1)C(=O)Nc1cnc(C(=N)/C=C(\NCc2ccccc2F)c2ccon2)nc1N. The third-order valence-corrected chi connectivity index (χ3v) is 5.40. The monoisotopic (exact) mass is 515 g/mol. The van der Waals surface area contributed by atoms with Crippen LogP contribution in [0.2, 0.25) is 0 Å². The fraction of sp³-hybridized carbons (Fsp3) is 0.148. The summed E-state index contributed by atoms with van der Waals surface area (Å²) >= 11 is 0. The number of hydrogen-bond donors (Lipinski definition) is 4. The van der Waals surface area contributed by atoms with Crippen LogP contribution in [0.1, 0.15) is 30.9 Å². The zero-order valence-corrected chi connectivity index (χ0v) is 20.7. The van der Waals surface area contributed by atoms with Crippen molar-refractivity contribution in [3.05, 3.63) is 102 Å². The molecule has 0 bridgehead atoms. The molecule has 2 aromatic carbocycles. The number of carbonyl (C=O) groups excluding carboxylic acids is 1. The van der Waals surface area contributed by atoms with E-state index in [4.69, 9.17) is 20.4 Å². The topological polar surface area (TPSA) is 152 Å². The van der Waals surface area contributed by atoms with Crippen LogP contribution in [-0.2, 0) is 11.3 Å². The first kappa shape index (κ1) is 26.0. The predicted octanol–water partition coefficient (Wildman–Crippen LogP) is 4.18. The van der Waals surface area contributed by atoms with Crippen molar-refractivity contribution in [2.24, 2.45) is 0 Å². The van der Waals surface area contributed by atoms with Crippen LogP contribution >= 0.6 is 0 Å². The number of nitrogens with one attached hydrogen (secondary N) is 3. The molecule has 1 amide bonds. The quantitative estimate of drug-likeness (QED) is 0.230. The van der Waals surface area contributed by atoms with Crippen molar-refractivity contribution in [3.63, 3.8) is 0 Å². The van der Waals surface area contributed by atoms with Gasteiger partial charge in [-0.25, -0.2) is 14.4 Å². The van der Waals surface area contributed by atoms with Crippen molar-refractivity contribution in [3.8, 4) is 5.75 Å². The van der Waals surface area contributed by atoms with Gasteiger partial charge in [0.15, 0.2) is 17.2 Å². The second-order valence-corrected chi connectivity index (χ2v) is 8.67. The van der Waals surface area contributed by atoms with Gasteiger partial charge in [-0.15, -0.1) is 0 Å². The summed E-state index contributed by atoms with van der Waals surface area (Å²) in [6, 6.07) is 16.9. The Hall–Kier alpha value is -5.06. The molecule has 38 heavy (non-hydrogen) atoms. The number of ether oxygens (including phenoxy) is 1. The van der Waals surface area contributed by atoms with Crippen molar-refractivity contribution in [2.45, 2.75) is 26.0 Å². The number of anilines is 2. The summed E-state index contributed by atoms with van der Waals surface area (Å²) in [6.45, 7) is 3.40. The van der Waals surface area contributed by atoms with Crippen LogP contribution in [0.4, 0.5) is 15.9 Å². The largest absolute Gasteiger partial charge is 0.478 e. The first-order valence-electron chi connectivity index (χ1n) is 11.6. The van der Waals surface area contributed by atoms with Gasteiger partial charge in [0.1, 0.15) is 34.9 Å². The molecular weight excluding hydrogens is 489 g/mol. The van der Waals surface area contributed by atoms with Gasteiger partial charge in [0.2, 0.25) is 0 Å². The molecule has 0 atom stereocenters. The average molecular weight is 516 g/mol. The summed E-state index contributed by atoms with van der Waals surface area (Å²) in [4.78, 5) is 21.2. The van der Waals surface area contributed by atoms with Gasteiger partial charge in [0.25, 0.3) is 5.91 Å². The Bertz CT molecular complexity index is 1450. The van der Waals surface area contributed by atoms with E-state index in [-0.39, 0.29) is 35.4 Å². The lowest BCUT2D eigenvalue weighted by atomic mass is 10.1. The maximum atomic E-state index is 14.1. The smallest absolute Gasteiger partial charge is 0.268 e. The summed E-state index contributed by atoms with van der Waals surface area (Å²) < 4.78 is 24.8. The molecule has 0 saturated heterocycles. The van der Waals surface area contributed by atoms with Gasteiger partial charge in [0.05, 0.1) is 11.9 Å². The molecule has 0 unspecified atom stereocenters. The first-order valence-corrected chi connectivity index (χ1v) is 11.6.